The van der Waals surface area contributed by atoms with Crippen LogP contribution in [0.2, 0.25) is 0 Å². The fraction of sp³-hybridized carbons (Fsp3) is 0.348. The standard InChI is InChI=1S/C23H26O4/c1-3-5-6-7-17-8-10-18(11-9-17)21-14-19-12-13-20(26-16-25-4-2)15-22(19)27-23(21)24/h8-15H,3-7,16H2,1-2H3. The molecule has 4 nitrogen and oxygen atoms in total. The summed E-state index contributed by atoms with van der Waals surface area (Å²) in [5, 5.41) is 0.861. The normalized spacial score (nSPS) is 11.0. The predicted molar refractivity (Wildman–Crippen MR) is 108 cm³/mol. The van der Waals surface area contributed by atoms with Crippen molar-refractivity contribution in [1.82, 2.24) is 0 Å². The first-order valence-corrected chi connectivity index (χ1v) is 9.59. The molecule has 0 bridgehead atoms. The highest BCUT2D eigenvalue weighted by Gasteiger charge is 2.09. The molecule has 3 aromatic rings. The fourth-order valence-corrected chi connectivity index (χ4v) is 3.01. The van der Waals surface area contributed by atoms with Crippen LogP contribution in [-0.2, 0) is 11.2 Å². The third-order valence-electron chi connectivity index (χ3n) is 4.55. The van der Waals surface area contributed by atoms with E-state index in [2.05, 4.69) is 19.1 Å². The number of aryl methyl sites for hydroxylation is 1. The van der Waals surface area contributed by atoms with Gasteiger partial charge in [-0.1, -0.05) is 44.0 Å². The van der Waals surface area contributed by atoms with Crippen molar-refractivity contribution in [3.05, 3.63) is 64.5 Å². The fourth-order valence-electron chi connectivity index (χ4n) is 3.01. The molecule has 1 aromatic heterocycles. The van der Waals surface area contributed by atoms with E-state index in [1.54, 1.807) is 6.07 Å². The van der Waals surface area contributed by atoms with Crippen LogP contribution in [0.25, 0.3) is 22.1 Å². The maximum absolute atomic E-state index is 12.5. The van der Waals surface area contributed by atoms with Crippen molar-refractivity contribution >= 4 is 11.0 Å². The monoisotopic (exact) mass is 366 g/mol. The Hall–Kier alpha value is -2.59. The zero-order valence-electron chi connectivity index (χ0n) is 16.0. The lowest BCUT2D eigenvalue weighted by Gasteiger charge is -2.08. The Morgan fingerprint density at radius 2 is 1.78 bits per heavy atom. The first-order valence-electron chi connectivity index (χ1n) is 9.59. The molecular weight excluding hydrogens is 340 g/mol. The molecule has 0 N–H and O–H groups in total. The summed E-state index contributed by atoms with van der Waals surface area (Å²) in [6.45, 7) is 4.87. The van der Waals surface area contributed by atoms with Crippen LogP contribution in [0.3, 0.4) is 0 Å². The first-order chi connectivity index (χ1) is 13.2. The smallest absolute Gasteiger partial charge is 0.344 e. The van der Waals surface area contributed by atoms with Crippen molar-refractivity contribution < 1.29 is 13.9 Å². The molecule has 3 rings (SSSR count). The van der Waals surface area contributed by atoms with E-state index in [9.17, 15) is 4.79 Å². The van der Waals surface area contributed by atoms with Crippen molar-refractivity contribution in [2.45, 2.75) is 39.5 Å². The minimum Gasteiger partial charge on any atom is -0.467 e. The van der Waals surface area contributed by atoms with Crippen molar-refractivity contribution in [3.8, 4) is 16.9 Å². The summed E-state index contributed by atoms with van der Waals surface area (Å²) >= 11 is 0. The van der Waals surface area contributed by atoms with E-state index in [4.69, 9.17) is 13.9 Å². The molecule has 0 amide bonds. The highest BCUT2D eigenvalue weighted by atomic mass is 16.7. The first kappa shape index (κ1) is 19.2. The highest BCUT2D eigenvalue weighted by molar-refractivity contribution is 5.82. The van der Waals surface area contributed by atoms with Crippen LogP contribution in [0.4, 0.5) is 0 Å². The van der Waals surface area contributed by atoms with Crippen LogP contribution in [-0.4, -0.2) is 13.4 Å². The third-order valence-corrected chi connectivity index (χ3v) is 4.55. The number of unbranched alkanes of at least 4 members (excludes halogenated alkanes) is 2. The van der Waals surface area contributed by atoms with E-state index in [-0.39, 0.29) is 12.4 Å². The molecule has 142 valence electrons. The van der Waals surface area contributed by atoms with Crippen molar-refractivity contribution in [2.75, 3.05) is 13.4 Å². The van der Waals surface area contributed by atoms with Gasteiger partial charge in [-0.3, -0.25) is 0 Å². The summed E-state index contributed by atoms with van der Waals surface area (Å²) in [5.41, 5.74) is 2.91. The maximum atomic E-state index is 12.5. The van der Waals surface area contributed by atoms with Gasteiger partial charge in [-0.25, -0.2) is 4.79 Å². The number of fused-ring (bicyclic) bond motifs is 1. The number of hydrogen-bond donors (Lipinski definition) is 0. The molecule has 0 fully saturated rings. The third kappa shape index (κ3) is 4.98. The second-order valence-corrected chi connectivity index (χ2v) is 6.56. The Bertz CT molecular complexity index is 925. The van der Waals surface area contributed by atoms with E-state index >= 15 is 0 Å². The highest BCUT2D eigenvalue weighted by Crippen LogP contribution is 2.25. The summed E-state index contributed by atoms with van der Waals surface area (Å²) in [4.78, 5) is 12.5. The van der Waals surface area contributed by atoms with E-state index in [0.29, 0.717) is 23.5 Å². The molecule has 0 saturated carbocycles. The molecular formula is C23H26O4. The van der Waals surface area contributed by atoms with E-state index in [0.717, 1.165) is 17.4 Å². The summed E-state index contributed by atoms with van der Waals surface area (Å²) in [5.74, 6) is 0.614. The van der Waals surface area contributed by atoms with Crippen molar-refractivity contribution in [3.63, 3.8) is 0 Å². The number of benzene rings is 2. The molecule has 27 heavy (non-hydrogen) atoms. The van der Waals surface area contributed by atoms with Crippen LogP contribution in [0.1, 0.15) is 38.7 Å². The van der Waals surface area contributed by atoms with Gasteiger partial charge in [-0.2, -0.15) is 0 Å². The molecule has 0 aliphatic rings. The van der Waals surface area contributed by atoms with E-state index < -0.39 is 0 Å². The Balaban J connectivity index is 1.81. The van der Waals surface area contributed by atoms with Crippen molar-refractivity contribution in [1.29, 1.82) is 0 Å². The predicted octanol–water partition coefficient (Wildman–Crippen LogP) is 5.57. The lowest BCUT2D eigenvalue weighted by molar-refractivity contribution is 0.0224. The molecule has 0 aliphatic carbocycles. The van der Waals surface area contributed by atoms with Gasteiger partial charge in [0.2, 0.25) is 0 Å². The van der Waals surface area contributed by atoms with Crippen LogP contribution in [0.5, 0.6) is 5.75 Å². The number of hydrogen-bond acceptors (Lipinski definition) is 4. The molecule has 1 heterocycles. The molecule has 0 aliphatic heterocycles. The van der Waals surface area contributed by atoms with E-state index in [1.807, 2.05) is 37.3 Å². The van der Waals surface area contributed by atoms with Crippen LogP contribution < -0.4 is 10.4 Å². The number of rotatable bonds is 9. The van der Waals surface area contributed by atoms with Crippen molar-refractivity contribution in [2.24, 2.45) is 0 Å². The average Bonchev–Trinajstić information content (AvgIpc) is 2.68. The van der Waals surface area contributed by atoms with E-state index in [1.165, 1.54) is 24.8 Å². The number of ether oxygens (including phenoxy) is 2. The molecule has 0 radical (unpaired) electrons. The van der Waals surface area contributed by atoms with Gasteiger partial charge < -0.3 is 13.9 Å². The zero-order valence-corrected chi connectivity index (χ0v) is 16.0. The molecule has 0 spiro atoms. The SMILES string of the molecule is CCCCCc1ccc(-c2cc3ccc(OCOCC)cc3oc2=O)cc1. The molecule has 0 atom stereocenters. The molecule has 2 aromatic carbocycles. The van der Waals surface area contributed by atoms with Gasteiger partial charge in [-0.15, -0.1) is 0 Å². The summed E-state index contributed by atoms with van der Waals surface area (Å²) in [7, 11) is 0. The second kappa shape index (κ2) is 9.38. The van der Waals surface area contributed by atoms with Gasteiger partial charge in [0.25, 0.3) is 0 Å². The Morgan fingerprint density at radius 1 is 0.963 bits per heavy atom. The van der Waals surface area contributed by atoms with Gasteiger partial charge in [0.05, 0.1) is 5.56 Å². The summed E-state index contributed by atoms with van der Waals surface area (Å²) in [6, 6.07) is 15.5. The van der Waals surface area contributed by atoms with Crippen LogP contribution in [0, 0.1) is 0 Å². The minimum atomic E-state index is -0.344. The van der Waals surface area contributed by atoms with Crippen LogP contribution >= 0.6 is 0 Å². The largest absolute Gasteiger partial charge is 0.467 e. The summed E-state index contributed by atoms with van der Waals surface area (Å²) in [6.07, 6.45) is 4.73. The Morgan fingerprint density at radius 3 is 2.52 bits per heavy atom. The second-order valence-electron chi connectivity index (χ2n) is 6.56. The lowest BCUT2D eigenvalue weighted by Crippen LogP contribution is -2.04. The Kier molecular flexibility index (Phi) is 6.66. The van der Waals surface area contributed by atoms with Gasteiger partial charge in [0.15, 0.2) is 6.79 Å². The summed E-state index contributed by atoms with van der Waals surface area (Å²) < 4.78 is 16.2. The van der Waals surface area contributed by atoms with Crippen LogP contribution in [0.15, 0.2) is 57.7 Å². The molecule has 0 unspecified atom stereocenters. The maximum Gasteiger partial charge on any atom is 0.344 e. The molecule has 4 heteroatoms. The molecule has 0 saturated heterocycles. The minimum absolute atomic E-state index is 0.176. The van der Waals surface area contributed by atoms with Gasteiger partial charge in [-0.05, 0) is 49.1 Å². The lowest BCUT2D eigenvalue weighted by atomic mass is 10.0. The topological polar surface area (TPSA) is 48.7 Å². The van der Waals surface area contributed by atoms with Gasteiger partial charge in [0.1, 0.15) is 11.3 Å². The average molecular weight is 366 g/mol. The van der Waals surface area contributed by atoms with Gasteiger partial charge in [0, 0.05) is 18.1 Å². The Labute approximate surface area is 159 Å². The van der Waals surface area contributed by atoms with Gasteiger partial charge >= 0.3 is 5.63 Å². The zero-order chi connectivity index (χ0) is 19.1. The quantitative estimate of drug-likeness (QED) is 0.282.